The number of ether oxygens (including phenoxy) is 1. The van der Waals surface area contributed by atoms with E-state index in [1.165, 1.54) is 12.3 Å². The van der Waals surface area contributed by atoms with Gasteiger partial charge in [-0.25, -0.2) is 4.98 Å². The van der Waals surface area contributed by atoms with Gasteiger partial charge in [0.25, 0.3) is 0 Å². The van der Waals surface area contributed by atoms with Gasteiger partial charge in [0.15, 0.2) is 0 Å². The minimum Gasteiger partial charge on any atom is -0.417 e. The van der Waals surface area contributed by atoms with E-state index >= 15 is 0 Å². The molecule has 7 heteroatoms. The second-order valence-electron chi connectivity index (χ2n) is 5.47. The van der Waals surface area contributed by atoms with Crippen molar-refractivity contribution in [2.75, 3.05) is 24.5 Å². The van der Waals surface area contributed by atoms with E-state index in [9.17, 15) is 13.6 Å². The third-order valence-electron chi connectivity index (χ3n) is 4.32. The van der Waals surface area contributed by atoms with Crippen molar-refractivity contribution in [3.8, 4) is 5.88 Å². The van der Waals surface area contributed by atoms with Crippen LogP contribution in [-0.2, 0) is 4.79 Å². The summed E-state index contributed by atoms with van der Waals surface area (Å²) in [6, 6.07) is 2.96. The molecule has 114 valence electrons. The summed E-state index contributed by atoms with van der Waals surface area (Å²) in [4.78, 5) is 18.2. The third kappa shape index (κ3) is 2.70. The standard InChI is InChI=1S/C14H17F2N3O2/c15-13(16)21-11-2-1-10(9-18-11)19-8-5-14(12(19)20)3-6-17-7-4-14/h1-2,9,13,17H,3-8H2. The maximum absolute atomic E-state index is 12.7. The van der Waals surface area contributed by atoms with Gasteiger partial charge in [-0.2, -0.15) is 8.78 Å². The van der Waals surface area contributed by atoms with Crippen molar-refractivity contribution in [3.63, 3.8) is 0 Å². The van der Waals surface area contributed by atoms with Gasteiger partial charge >= 0.3 is 6.61 Å². The van der Waals surface area contributed by atoms with Crippen LogP contribution in [0.25, 0.3) is 0 Å². The molecule has 2 aliphatic rings. The van der Waals surface area contributed by atoms with E-state index in [2.05, 4.69) is 15.0 Å². The molecule has 1 N–H and O–H groups in total. The Morgan fingerprint density at radius 1 is 1.29 bits per heavy atom. The summed E-state index contributed by atoms with van der Waals surface area (Å²) in [6.07, 6.45) is 3.95. The molecule has 0 aliphatic carbocycles. The van der Waals surface area contributed by atoms with Crippen LogP contribution >= 0.6 is 0 Å². The average molecular weight is 297 g/mol. The fraction of sp³-hybridized carbons (Fsp3) is 0.571. The fourth-order valence-corrected chi connectivity index (χ4v) is 3.13. The first-order chi connectivity index (χ1) is 10.1. The number of hydrogen-bond acceptors (Lipinski definition) is 4. The van der Waals surface area contributed by atoms with E-state index < -0.39 is 6.61 Å². The minimum absolute atomic E-state index is 0.119. The van der Waals surface area contributed by atoms with Gasteiger partial charge < -0.3 is 15.0 Å². The van der Waals surface area contributed by atoms with Crippen molar-refractivity contribution < 1.29 is 18.3 Å². The van der Waals surface area contributed by atoms with Crippen molar-refractivity contribution in [1.29, 1.82) is 0 Å². The van der Waals surface area contributed by atoms with Crippen LogP contribution in [0.4, 0.5) is 14.5 Å². The highest BCUT2D eigenvalue weighted by Gasteiger charge is 2.47. The molecule has 21 heavy (non-hydrogen) atoms. The summed E-state index contributed by atoms with van der Waals surface area (Å²) in [7, 11) is 0. The van der Waals surface area contributed by atoms with E-state index in [-0.39, 0.29) is 17.2 Å². The van der Waals surface area contributed by atoms with Crippen LogP contribution in [0.1, 0.15) is 19.3 Å². The number of alkyl halides is 2. The SMILES string of the molecule is O=C1N(c2ccc(OC(F)F)nc2)CCC12CCNCC2. The lowest BCUT2D eigenvalue weighted by Crippen LogP contribution is -2.42. The smallest absolute Gasteiger partial charge is 0.388 e. The zero-order valence-corrected chi connectivity index (χ0v) is 11.5. The molecular formula is C14H17F2N3O2. The molecule has 3 rings (SSSR count). The maximum atomic E-state index is 12.7. The number of halogens is 2. The lowest BCUT2D eigenvalue weighted by atomic mass is 9.78. The number of pyridine rings is 1. The van der Waals surface area contributed by atoms with Gasteiger partial charge in [0.2, 0.25) is 11.8 Å². The van der Waals surface area contributed by atoms with Gasteiger partial charge in [0.1, 0.15) is 0 Å². The maximum Gasteiger partial charge on any atom is 0.388 e. The topological polar surface area (TPSA) is 54.5 Å². The van der Waals surface area contributed by atoms with Gasteiger partial charge in [0, 0.05) is 12.6 Å². The quantitative estimate of drug-likeness (QED) is 0.924. The number of hydrogen-bond donors (Lipinski definition) is 1. The largest absolute Gasteiger partial charge is 0.417 e. The number of rotatable bonds is 3. The van der Waals surface area contributed by atoms with Crippen LogP contribution in [0.2, 0.25) is 0 Å². The van der Waals surface area contributed by atoms with Crippen molar-refractivity contribution in [3.05, 3.63) is 18.3 Å². The van der Waals surface area contributed by atoms with Gasteiger partial charge in [-0.15, -0.1) is 0 Å². The van der Waals surface area contributed by atoms with Gasteiger partial charge in [-0.3, -0.25) is 4.79 Å². The fourth-order valence-electron chi connectivity index (χ4n) is 3.13. The highest BCUT2D eigenvalue weighted by atomic mass is 19.3. The average Bonchev–Trinajstić information content (AvgIpc) is 2.78. The molecule has 5 nitrogen and oxygen atoms in total. The molecule has 0 saturated carbocycles. The predicted molar refractivity (Wildman–Crippen MR) is 72.4 cm³/mol. The number of nitrogens with zero attached hydrogens (tertiary/aromatic N) is 2. The Hall–Kier alpha value is -1.76. The summed E-state index contributed by atoms with van der Waals surface area (Å²) in [6.45, 7) is -0.525. The minimum atomic E-state index is -2.89. The molecule has 1 amide bonds. The molecule has 2 saturated heterocycles. The summed E-state index contributed by atoms with van der Waals surface area (Å²) in [5, 5.41) is 3.27. The Morgan fingerprint density at radius 3 is 2.67 bits per heavy atom. The van der Waals surface area contributed by atoms with Crippen molar-refractivity contribution in [1.82, 2.24) is 10.3 Å². The molecule has 1 aromatic rings. The first kappa shape index (κ1) is 14.2. The van der Waals surface area contributed by atoms with E-state index in [0.29, 0.717) is 12.2 Å². The number of piperidine rings is 1. The molecule has 0 radical (unpaired) electrons. The second-order valence-corrected chi connectivity index (χ2v) is 5.47. The van der Waals surface area contributed by atoms with Gasteiger partial charge in [-0.1, -0.05) is 0 Å². The van der Waals surface area contributed by atoms with E-state index in [1.807, 2.05) is 0 Å². The summed E-state index contributed by atoms with van der Waals surface area (Å²) >= 11 is 0. The van der Waals surface area contributed by atoms with Crippen molar-refractivity contribution in [2.24, 2.45) is 5.41 Å². The Morgan fingerprint density at radius 2 is 2.05 bits per heavy atom. The molecule has 0 atom stereocenters. The first-order valence-electron chi connectivity index (χ1n) is 7.04. The number of amides is 1. The zero-order chi connectivity index (χ0) is 14.9. The Kier molecular flexibility index (Phi) is 3.75. The van der Waals surface area contributed by atoms with Crippen LogP contribution in [-0.4, -0.2) is 37.1 Å². The second kappa shape index (κ2) is 5.55. The lowest BCUT2D eigenvalue weighted by molar-refractivity contribution is -0.126. The monoisotopic (exact) mass is 297 g/mol. The number of anilines is 1. The molecule has 0 aromatic carbocycles. The van der Waals surface area contributed by atoms with E-state index in [4.69, 9.17) is 0 Å². The third-order valence-corrected chi connectivity index (χ3v) is 4.32. The van der Waals surface area contributed by atoms with Crippen LogP contribution < -0.4 is 15.0 Å². The molecule has 3 heterocycles. The van der Waals surface area contributed by atoms with E-state index in [1.54, 1.807) is 11.0 Å². The molecule has 0 unspecified atom stereocenters. The number of carbonyl (C=O) groups excluding carboxylic acids is 1. The molecule has 2 aliphatic heterocycles. The predicted octanol–water partition coefficient (Wildman–Crippen LogP) is 1.79. The summed E-state index contributed by atoms with van der Waals surface area (Å²) in [5.74, 6) is -0.0229. The highest BCUT2D eigenvalue weighted by molar-refractivity contribution is 5.99. The van der Waals surface area contributed by atoms with Gasteiger partial charge in [0.05, 0.1) is 17.3 Å². The molecular weight excluding hydrogens is 280 g/mol. The van der Waals surface area contributed by atoms with Crippen molar-refractivity contribution >= 4 is 11.6 Å². The Balaban J connectivity index is 1.74. The highest BCUT2D eigenvalue weighted by Crippen LogP contribution is 2.41. The molecule has 0 bridgehead atoms. The van der Waals surface area contributed by atoms with E-state index in [0.717, 1.165) is 32.4 Å². The first-order valence-corrected chi connectivity index (χ1v) is 7.04. The summed E-state index contributed by atoms with van der Waals surface area (Å²) in [5.41, 5.74) is 0.376. The van der Waals surface area contributed by atoms with Crippen LogP contribution in [0, 0.1) is 5.41 Å². The number of aromatic nitrogens is 1. The molecule has 1 spiro atoms. The normalized spacial score (nSPS) is 21.3. The molecule has 1 aromatic heterocycles. The molecule has 2 fully saturated rings. The van der Waals surface area contributed by atoms with Crippen LogP contribution in [0.15, 0.2) is 18.3 Å². The van der Waals surface area contributed by atoms with Crippen molar-refractivity contribution in [2.45, 2.75) is 25.9 Å². The van der Waals surface area contributed by atoms with Gasteiger partial charge in [-0.05, 0) is 38.4 Å². The Bertz CT molecular complexity index is 515. The summed E-state index contributed by atoms with van der Waals surface area (Å²) < 4.78 is 28.4. The number of carbonyl (C=O) groups is 1. The van der Waals surface area contributed by atoms with Crippen LogP contribution in [0.3, 0.4) is 0 Å². The van der Waals surface area contributed by atoms with Crippen LogP contribution in [0.5, 0.6) is 5.88 Å². The zero-order valence-electron chi connectivity index (χ0n) is 11.5. The number of nitrogens with one attached hydrogen (secondary N) is 1. The Labute approximate surface area is 121 Å². The lowest BCUT2D eigenvalue weighted by Gasteiger charge is -2.32.